The van der Waals surface area contributed by atoms with E-state index in [4.69, 9.17) is 9.26 Å². The highest BCUT2D eigenvalue weighted by Gasteiger charge is 2.29. The van der Waals surface area contributed by atoms with Gasteiger partial charge >= 0.3 is 5.97 Å². The van der Waals surface area contributed by atoms with E-state index in [9.17, 15) is 4.79 Å². The maximum absolute atomic E-state index is 11.6. The minimum absolute atomic E-state index is 0.117. The van der Waals surface area contributed by atoms with E-state index in [2.05, 4.69) is 10.1 Å². The topological polar surface area (TPSA) is 55.6 Å². The van der Waals surface area contributed by atoms with E-state index in [1.54, 1.807) is 12.5 Å². The first-order valence-electron chi connectivity index (χ1n) is 5.51. The zero-order chi connectivity index (χ0) is 11.4. The van der Waals surface area contributed by atoms with Crippen LogP contribution in [0.1, 0.15) is 24.8 Å². The number of rotatable bonds is 3. The normalized spacial score (nSPS) is 21.9. The Bertz CT molecular complexity index is 337. The lowest BCUT2D eigenvalue weighted by molar-refractivity contribution is -0.148. The number of likely N-dealkylation sites (tertiary alicyclic amines) is 1. The summed E-state index contributed by atoms with van der Waals surface area (Å²) in [5.41, 5.74) is 0.996. The van der Waals surface area contributed by atoms with Gasteiger partial charge in [-0.1, -0.05) is 11.6 Å². The summed E-state index contributed by atoms with van der Waals surface area (Å²) in [6, 6.07) is -0.117. The zero-order valence-electron chi connectivity index (χ0n) is 9.39. The second-order valence-electron chi connectivity index (χ2n) is 4.04. The van der Waals surface area contributed by atoms with Crippen molar-refractivity contribution in [2.24, 2.45) is 0 Å². The number of ether oxygens (including phenoxy) is 1. The maximum Gasteiger partial charge on any atom is 0.323 e. The van der Waals surface area contributed by atoms with Crippen LogP contribution in [0.2, 0.25) is 0 Å². The summed E-state index contributed by atoms with van der Waals surface area (Å²) in [4.78, 5) is 13.7. The molecule has 0 radical (unpaired) electrons. The molecule has 0 unspecified atom stereocenters. The second kappa shape index (κ2) is 5.12. The summed E-state index contributed by atoms with van der Waals surface area (Å²) in [6.07, 6.45) is 6.38. The van der Waals surface area contributed by atoms with E-state index in [0.29, 0.717) is 6.54 Å². The quantitative estimate of drug-likeness (QED) is 0.722. The Balaban J connectivity index is 2.02. The Hall–Kier alpha value is -1.36. The van der Waals surface area contributed by atoms with E-state index in [1.807, 2.05) is 0 Å². The van der Waals surface area contributed by atoms with Gasteiger partial charge in [0.25, 0.3) is 0 Å². The maximum atomic E-state index is 11.6. The Morgan fingerprint density at radius 1 is 1.69 bits per heavy atom. The predicted molar refractivity (Wildman–Crippen MR) is 56.6 cm³/mol. The molecule has 5 nitrogen and oxygen atoms in total. The van der Waals surface area contributed by atoms with E-state index >= 15 is 0 Å². The Labute approximate surface area is 94.3 Å². The number of carbonyl (C=O) groups is 1. The van der Waals surface area contributed by atoms with Gasteiger partial charge in [0.1, 0.15) is 12.3 Å². The van der Waals surface area contributed by atoms with Crippen molar-refractivity contribution < 1.29 is 14.1 Å². The molecule has 1 aromatic rings. The lowest BCUT2D eigenvalue weighted by Gasteiger charge is -2.33. The molecule has 16 heavy (non-hydrogen) atoms. The van der Waals surface area contributed by atoms with Crippen molar-refractivity contribution in [2.75, 3.05) is 13.7 Å². The smallest absolute Gasteiger partial charge is 0.323 e. The number of piperidine rings is 1. The average molecular weight is 224 g/mol. The van der Waals surface area contributed by atoms with Gasteiger partial charge in [0.05, 0.1) is 13.3 Å². The molecular weight excluding hydrogens is 208 g/mol. The predicted octanol–water partition coefficient (Wildman–Crippen LogP) is 1.20. The van der Waals surface area contributed by atoms with Crippen LogP contribution in [0.3, 0.4) is 0 Å². The van der Waals surface area contributed by atoms with Crippen LogP contribution in [0.15, 0.2) is 17.0 Å². The highest BCUT2D eigenvalue weighted by Crippen LogP contribution is 2.20. The monoisotopic (exact) mass is 224 g/mol. The molecule has 0 bridgehead atoms. The summed E-state index contributed by atoms with van der Waals surface area (Å²) < 4.78 is 9.60. The van der Waals surface area contributed by atoms with Crippen molar-refractivity contribution >= 4 is 5.97 Å². The van der Waals surface area contributed by atoms with Gasteiger partial charge in [0, 0.05) is 12.1 Å². The first-order chi connectivity index (χ1) is 7.81. The molecule has 1 aliphatic heterocycles. The van der Waals surface area contributed by atoms with Gasteiger partial charge in [-0.2, -0.15) is 0 Å². The van der Waals surface area contributed by atoms with Crippen molar-refractivity contribution in [1.82, 2.24) is 10.1 Å². The summed E-state index contributed by atoms with van der Waals surface area (Å²) in [7, 11) is 1.44. The molecule has 1 fully saturated rings. The highest BCUT2D eigenvalue weighted by molar-refractivity contribution is 5.75. The lowest BCUT2D eigenvalue weighted by atomic mass is 10.0. The average Bonchev–Trinajstić information content (AvgIpc) is 2.82. The Morgan fingerprint density at radius 3 is 3.25 bits per heavy atom. The molecule has 0 aliphatic carbocycles. The molecule has 2 rings (SSSR count). The fraction of sp³-hybridized carbons (Fsp3) is 0.636. The van der Waals surface area contributed by atoms with Crippen LogP contribution in [-0.2, 0) is 16.1 Å². The third-order valence-corrected chi connectivity index (χ3v) is 2.96. The van der Waals surface area contributed by atoms with Crippen LogP contribution in [-0.4, -0.2) is 35.7 Å². The third-order valence-electron chi connectivity index (χ3n) is 2.96. The van der Waals surface area contributed by atoms with Gasteiger partial charge in [-0.05, 0) is 19.4 Å². The number of hydrogen-bond donors (Lipinski definition) is 0. The molecule has 0 aromatic carbocycles. The van der Waals surface area contributed by atoms with Crippen molar-refractivity contribution in [3.8, 4) is 0 Å². The Kier molecular flexibility index (Phi) is 3.56. The molecule has 1 aliphatic rings. The van der Waals surface area contributed by atoms with Crippen molar-refractivity contribution in [2.45, 2.75) is 31.8 Å². The first-order valence-corrected chi connectivity index (χ1v) is 5.51. The molecular formula is C11H16N2O3. The molecule has 0 saturated carbocycles. The summed E-state index contributed by atoms with van der Waals surface area (Å²) >= 11 is 0. The molecule has 0 N–H and O–H groups in total. The molecule has 5 heteroatoms. The highest BCUT2D eigenvalue weighted by atomic mass is 16.5. The molecule has 0 amide bonds. The lowest BCUT2D eigenvalue weighted by Crippen LogP contribution is -2.44. The van der Waals surface area contributed by atoms with Crippen LogP contribution < -0.4 is 0 Å². The van der Waals surface area contributed by atoms with Crippen molar-refractivity contribution in [1.29, 1.82) is 0 Å². The van der Waals surface area contributed by atoms with Gasteiger partial charge in [-0.25, -0.2) is 0 Å². The van der Waals surface area contributed by atoms with E-state index < -0.39 is 0 Å². The zero-order valence-corrected chi connectivity index (χ0v) is 9.39. The van der Waals surface area contributed by atoms with Crippen LogP contribution >= 0.6 is 0 Å². The van der Waals surface area contributed by atoms with Gasteiger partial charge in [0.15, 0.2) is 0 Å². The number of aromatic nitrogens is 1. The summed E-state index contributed by atoms with van der Waals surface area (Å²) in [6.45, 7) is 1.62. The molecule has 2 heterocycles. The van der Waals surface area contributed by atoms with E-state index in [-0.39, 0.29) is 12.0 Å². The van der Waals surface area contributed by atoms with Crippen molar-refractivity contribution in [3.05, 3.63) is 18.0 Å². The molecule has 88 valence electrons. The van der Waals surface area contributed by atoms with Gasteiger partial charge < -0.3 is 9.26 Å². The fourth-order valence-corrected chi connectivity index (χ4v) is 2.12. The van der Waals surface area contributed by atoms with Crippen LogP contribution in [0.25, 0.3) is 0 Å². The standard InChI is InChI=1S/C11H16N2O3/c1-15-11(14)10-4-2-3-5-13(10)7-9-6-12-16-8-9/h6,8,10H,2-5,7H2,1H3/t10-/m1/s1. The van der Waals surface area contributed by atoms with Crippen LogP contribution in [0.5, 0.6) is 0 Å². The summed E-state index contributed by atoms with van der Waals surface area (Å²) in [5.74, 6) is -0.142. The number of hydrogen-bond acceptors (Lipinski definition) is 5. The van der Waals surface area contributed by atoms with Crippen LogP contribution in [0, 0.1) is 0 Å². The van der Waals surface area contributed by atoms with Crippen LogP contribution in [0.4, 0.5) is 0 Å². The minimum Gasteiger partial charge on any atom is -0.468 e. The molecule has 1 saturated heterocycles. The molecule has 0 spiro atoms. The van der Waals surface area contributed by atoms with E-state index in [1.165, 1.54) is 7.11 Å². The summed E-state index contributed by atoms with van der Waals surface area (Å²) in [5, 5.41) is 3.66. The second-order valence-corrected chi connectivity index (χ2v) is 4.04. The van der Waals surface area contributed by atoms with Gasteiger partial charge in [-0.15, -0.1) is 0 Å². The minimum atomic E-state index is -0.142. The third kappa shape index (κ3) is 2.41. The fourth-order valence-electron chi connectivity index (χ4n) is 2.12. The number of methoxy groups -OCH3 is 1. The van der Waals surface area contributed by atoms with Crippen molar-refractivity contribution in [3.63, 3.8) is 0 Å². The Morgan fingerprint density at radius 2 is 2.56 bits per heavy atom. The van der Waals surface area contributed by atoms with Gasteiger partial charge in [-0.3, -0.25) is 9.69 Å². The largest absolute Gasteiger partial charge is 0.468 e. The number of carbonyl (C=O) groups excluding carboxylic acids is 1. The number of nitrogens with zero attached hydrogens (tertiary/aromatic N) is 2. The first kappa shape index (κ1) is 11.1. The molecule has 1 atom stereocenters. The number of esters is 1. The van der Waals surface area contributed by atoms with E-state index in [0.717, 1.165) is 31.4 Å². The van der Waals surface area contributed by atoms with Gasteiger partial charge in [0.2, 0.25) is 0 Å². The molecule has 1 aromatic heterocycles. The SMILES string of the molecule is COC(=O)[C@H]1CCCCN1Cc1cnoc1.